The summed E-state index contributed by atoms with van der Waals surface area (Å²) < 4.78 is 41.0. The van der Waals surface area contributed by atoms with Crippen LogP contribution in [-0.2, 0) is 16.0 Å². The molecule has 0 radical (unpaired) electrons. The quantitative estimate of drug-likeness (QED) is 0.518. The average molecular weight is 411 g/mol. The van der Waals surface area contributed by atoms with E-state index in [1.807, 2.05) is 0 Å². The molecule has 6 N–H and O–H groups in total. The van der Waals surface area contributed by atoms with Gasteiger partial charge in [-0.2, -0.15) is 0 Å². The number of carbonyl (C=O) groups is 2. The number of nitrogens with two attached hydrogens (primary N) is 2. The lowest BCUT2D eigenvalue weighted by atomic mass is 10.0. The molecule has 0 unspecified atom stereocenters. The Morgan fingerprint density at radius 1 is 1.10 bits per heavy atom. The van der Waals surface area contributed by atoms with Crippen molar-refractivity contribution in [1.82, 2.24) is 5.32 Å². The molecule has 2 aromatic carbocycles. The third-order valence-electron chi connectivity index (χ3n) is 3.98. The first kappa shape index (κ1) is 22.2. The molecular formula is C19H20F3N3O4. The Hall–Kier alpha value is -3.11. The van der Waals surface area contributed by atoms with Crippen molar-refractivity contribution in [3.63, 3.8) is 0 Å². The van der Waals surface area contributed by atoms with Crippen LogP contribution in [0.25, 0.3) is 0 Å². The van der Waals surface area contributed by atoms with Crippen LogP contribution in [0.2, 0.25) is 0 Å². The number of benzene rings is 2. The van der Waals surface area contributed by atoms with E-state index in [0.29, 0.717) is 0 Å². The lowest BCUT2D eigenvalue weighted by Gasteiger charge is -2.22. The zero-order valence-corrected chi connectivity index (χ0v) is 15.1. The molecule has 0 saturated heterocycles. The van der Waals surface area contributed by atoms with Gasteiger partial charge in [-0.1, -0.05) is 42.5 Å². The van der Waals surface area contributed by atoms with Crippen molar-refractivity contribution in [1.29, 1.82) is 0 Å². The Bertz CT molecular complexity index is 846. The Morgan fingerprint density at radius 3 is 2.34 bits per heavy atom. The van der Waals surface area contributed by atoms with Crippen molar-refractivity contribution in [3.05, 3.63) is 65.7 Å². The number of amides is 2. The van der Waals surface area contributed by atoms with Gasteiger partial charge in [0.15, 0.2) is 0 Å². The Morgan fingerprint density at radius 2 is 1.76 bits per heavy atom. The SMILES string of the molecule is NC(=O)[C@@H](NC(=O)[C@@H](O)[C@H](N)Cc1ccccc1)c1cccc(OC(F)(F)F)c1. The summed E-state index contributed by atoms with van der Waals surface area (Å²) in [6.07, 6.45) is -6.41. The minimum absolute atomic E-state index is 0.0450. The van der Waals surface area contributed by atoms with Crippen LogP contribution in [0.4, 0.5) is 13.2 Å². The molecule has 29 heavy (non-hydrogen) atoms. The summed E-state index contributed by atoms with van der Waals surface area (Å²) in [5, 5.41) is 12.4. The molecule has 0 heterocycles. The number of alkyl halides is 3. The minimum atomic E-state index is -4.93. The van der Waals surface area contributed by atoms with Crippen LogP contribution in [0.1, 0.15) is 17.2 Å². The van der Waals surface area contributed by atoms with Gasteiger partial charge in [-0.3, -0.25) is 9.59 Å². The molecule has 3 atom stereocenters. The maximum absolute atomic E-state index is 12.4. The van der Waals surface area contributed by atoms with E-state index in [1.165, 1.54) is 12.1 Å². The third-order valence-corrected chi connectivity index (χ3v) is 3.98. The normalized spacial score (nSPS) is 14.5. The van der Waals surface area contributed by atoms with E-state index in [2.05, 4.69) is 10.1 Å². The van der Waals surface area contributed by atoms with Gasteiger partial charge in [0.2, 0.25) is 5.91 Å². The van der Waals surface area contributed by atoms with Gasteiger partial charge in [0.05, 0.1) is 0 Å². The maximum atomic E-state index is 12.4. The average Bonchev–Trinajstić information content (AvgIpc) is 2.64. The standard InChI is InChI=1S/C19H20F3N3O4/c20-19(21,22)29-13-8-4-7-12(10-13)15(17(24)27)25-18(28)16(26)14(23)9-11-5-2-1-3-6-11/h1-8,10,14-16,26H,9,23H2,(H2,24,27)(H,25,28)/t14-,15+,16+/m1/s1. The van der Waals surface area contributed by atoms with Crippen LogP contribution in [0.5, 0.6) is 5.75 Å². The van der Waals surface area contributed by atoms with Crippen molar-refractivity contribution >= 4 is 11.8 Å². The van der Waals surface area contributed by atoms with Gasteiger partial charge >= 0.3 is 6.36 Å². The fraction of sp³-hybridized carbons (Fsp3) is 0.263. The van der Waals surface area contributed by atoms with E-state index < -0.39 is 42.1 Å². The number of hydrogen-bond acceptors (Lipinski definition) is 5. The lowest BCUT2D eigenvalue weighted by Crippen LogP contribution is -2.50. The van der Waals surface area contributed by atoms with Gasteiger partial charge in [-0.25, -0.2) is 0 Å². The number of rotatable bonds is 8. The Labute approximate surface area is 164 Å². The summed E-state index contributed by atoms with van der Waals surface area (Å²) in [5.41, 5.74) is 11.9. The second kappa shape index (κ2) is 9.39. The maximum Gasteiger partial charge on any atom is 0.573 e. The monoisotopic (exact) mass is 411 g/mol. The molecule has 156 valence electrons. The number of halogens is 3. The minimum Gasteiger partial charge on any atom is -0.406 e. The second-order valence-electron chi connectivity index (χ2n) is 6.26. The molecule has 10 heteroatoms. The fourth-order valence-corrected chi connectivity index (χ4v) is 2.63. The summed E-state index contributed by atoms with van der Waals surface area (Å²) >= 11 is 0. The van der Waals surface area contributed by atoms with E-state index in [1.54, 1.807) is 30.3 Å². The number of aliphatic hydroxyl groups is 1. The molecule has 2 amide bonds. The highest BCUT2D eigenvalue weighted by atomic mass is 19.4. The highest BCUT2D eigenvalue weighted by Gasteiger charge is 2.32. The van der Waals surface area contributed by atoms with Gasteiger partial charge in [-0.15, -0.1) is 13.2 Å². The van der Waals surface area contributed by atoms with Crippen LogP contribution in [0, 0.1) is 0 Å². The first-order valence-electron chi connectivity index (χ1n) is 8.50. The summed E-state index contributed by atoms with van der Waals surface area (Å²) in [4.78, 5) is 24.1. The molecule has 2 aromatic rings. The zero-order chi connectivity index (χ0) is 21.6. The number of nitrogens with one attached hydrogen (secondary N) is 1. The van der Waals surface area contributed by atoms with Gasteiger partial charge in [-0.05, 0) is 29.7 Å². The van der Waals surface area contributed by atoms with Crippen molar-refractivity contribution < 1.29 is 32.6 Å². The predicted molar refractivity (Wildman–Crippen MR) is 97.3 cm³/mol. The topological polar surface area (TPSA) is 128 Å². The molecule has 0 aliphatic rings. The van der Waals surface area contributed by atoms with E-state index in [0.717, 1.165) is 17.7 Å². The summed E-state index contributed by atoms with van der Waals surface area (Å²) in [5.74, 6) is -2.61. The van der Waals surface area contributed by atoms with Gasteiger partial charge in [0.1, 0.15) is 17.9 Å². The number of primary amides is 1. The highest BCUT2D eigenvalue weighted by molar-refractivity contribution is 5.89. The van der Waals surface area contributed by atoms with Crippen LogP contribution in [0.3, 0.4) is 0 Å². The zero-order valence-electron chi connectivity index (χ0n) is 15.1. The van der Waals surface area contributed by atoms with Gasteiger partial charge in [0.25, 0.3) is 5.91 Å². The summed E-state index contributed by atoms with van der Waals surface area (Å²) in [7, 11) is 0. The molecule has 2 rings (SSSR count). The largest absolute Gasteiger partial charge is 0.573 e. The first-order chi connectivity index (χ1) is 13.6. The third kappa shape index (κ3) is 6.77. The fourth-order valence-electron chi connectivity index (χ4n) is 2.63. The van der Waals surface area contributed by atoms with Crippen LogP contribution in [0.15, 0.2) is 54.6 Å². The molecule has 0 spiro atoms. The highest BCUT2D eigenvalue weighted by Crippen LogP contribution is 2.25. The molecule has 0 aliphatic heterocycles. The molecule has 7 nitrogen and oxygen atoms in total. The molecule has 0 fully saturated rings. The first-order valence-corrected chi connectivity index (χ1v) is 8.50. The van der Waals surface area contributed by atoms with Crippen LogP contribution in [-0.4, -0.2) is 35.4 Å². The van der Waals surface area contributed by atoms with Crippen molar-refractivity contribution in [3.8, 4) is 5.75 Å². The van der Waals surface area contributed by atoms with E-state index >= 15 is 0 Å². The number of ether oxygens (including phenoxy) is 1. The molecule has 0 aromatic heterocycles. The van der Waals surface area contributed by atoms with E-state index in [-0.39, 0.29) is 12.0 Å². The van der Waals surface area contributed by atoms with Crippen molar-refractivity contribution in [2.45, 2.75) is 31.0 Å². The molecule has 0 saturated carbocycles. The van der Waals surface area contributed by atoms with Crippen LogP contribution < -0.4 is 21.5 Å². The van der Waals surface area contributed by atoms with Crippen molar-refractivity contribution in [2.24, 2.45) is 11.5 Å². The van der Waals surface area contributed by atoms with Crippen molar-refractivity contribution in [2.75, 3.05) is 0 Å². The molecular weight excluding hydrogens is 391 g/mol. The molecule has 0 aliphatic carbocycles. The summed E-state index contributed by atoms with van der Waals surface area (Å²) in [6, 6.07) is 10.8. The van der Waals surface area contributed by atoms with Gasteiger partial charge in [0, 0.05) is 6.04 Å². The van der Waals surface area contributed by atoms with E-state index in [9.17, 15) is 27.9 Å². The lowest BCUT2D eigenvalue weighted by molar-refractivity contribution is -0.274. The van der Waals surface area contributed by atoms with Crippen LogP contribution >= 0.6 is 0 Å². The predicted octanol–water partition coefficient (Wildman–Crippen LogP) is 1.16. The second-order valence-corrected chi connectivity index (χ2v) is 6.26. The van der Waals surface area contributed by atoms with Gasteiger partial charge < -0.3 is 26.6 Å². The number of carbonyl (C=O) groups excluding carboxylic acids is 2. The number of hydrogen-bond donors (Lipinski definition) is 4. The van der Waals surface area contributed by atoms with E-state index in [4.69, 9.17) is 11.5 Å². The Kier molecular flexibility index (Phi) is 7.18. The molecule has 0 bridgehead atoms. The summed E-state index contributed by atoms with van der Waals surface area (Å²) in [6.45, 7) is 0. The Balaban J connectivity index is 2.10. The number of aliphatic hydroxyl groups excluding tert-OH is 1. The smallest absolute Gasteiger partial charge is 0.406 e.